The topological polar surface area (TPSA) is 64.1 Å². The van der Waals surface area contributed by atoms with Gasteiger partial charge in [0.25, 0.3) is 0 Å². The van der Waals surface area contributed by atoms with Crippen molar-refractivity contribution >= 4 is 5.96 Å². The van der Waals surface area contributed by atoms with Crippen molar-refractivity contribution < 1.29 is 18.6 Å². The molecule has 0 aliphatic carbocycles. The molecular weight excluding hydrogens is 349 g/mol. The molecule has 0 bridgehead atoms. The van der Waals surface area contributed by atoms with Crippen LogP contribution in [-0.4, -0.2) is 58.1 Å². The molecule has 1 heterocycles. The van der Waals surface area contributed by atoms with Gasteiger partial charge < -0.3 is 24.8 Å². The largest absolute Gasteiger partial charge is 0.486 e. The van der Waals surface area contributed by atoms with Crippen molar-refractivity contribution in [3.8, 4) is 5.75 Å². The molecule has 2 atom stereocenters. The second-order valence-corrected chi connectivity index (χ2v) is 6.52. The third-order valence-corrected chi connectivity index (χ3v) is 4.39. The maximum absolute atomic E-state index is 13.7. The first-order chi connectivity index (χ1) is 13.2. The van der Waals surface area contributed by atoms with Gasteiger partial charge in [0.2, 0.25) is 0 Å². The highest BCUT2D eigenvalue weighted by molar-refractivity contribution is 5.79. The average molecular weight is 381 g/mol. The molecule has 1 aromatic carbocycles. The zero-order valence-electron chi connectivity index (χ0n) is 16.4. The number of rotatable bonds is 11. The molecule has 1 aromatic rings. The molecule has 7 heteroatoms. The van der Waals surface area contributed by atoms with E-state index < -0.39 is 0 Å². The van der Waals surface area contributed by atoms with Gasteiger partial charge in [-0.25, -0.2) is 4.39 Å². The fourth-order valence-electron chi connectivity index (χ4n) is 2.79. The fourth-order valence-corrected chi connectivity index (χ4v) is 2.79. The number of ether oxygens (including phenoxy) is 3. The van der Waals surface area contributed by atoms with Gasteiger partial charge in [-0.3, -0.25) is 4.99 Å². The molecule has 2 rings (SSSR count). The van der Waals surface area contributed by atoms with Gasteiger partial charge in [-0.1, -0.05) is 19.1 Å². The summed E-state index contributed by atoms with van der Waals surface area (Å²) in [6, 6.07) is 6.45. The second-order valence-electron chi connectivity index (χ2n) is 6.52. The molecule has 1 saturated heterocycles. The average Bonchev–Trinajstić information content (AvgIpc) is 3.20. The monoisotopic (exact) mass is 381 g/mol. The number of hydrogen-bond donors (Lipinski definition) is 2. The number of para-hydroxylation sites is 1. The van der Waals surface area contributed by atoms with Crippen LogP contribution in [-0.2, 0) is 9.47 Å². The third kappa shape index (κ3) is 8.13. The van der Waals surface area contributed by atoms with E-state index in [4.69, 9.17) is 14.2 Å². The summed E-state index contributed by atoms with van der Waals surface area (Å²) in [5.74, 6) is 0.628. The molecule has 1 fully saturated rings. The lowest BCUT2D eigenvalue weighted by atomic mass is 10.2. The van der Waals surface area contributed by atoms with E-state index in [1.807, 2.05) is 6.92 Å². The van der Waals surface area contributed by atoms with Crippen LogP contribution in [0.5, 0.6) is 5.75 Å². The standard InChI is InChI=1S/C20H32FN3O3/c1-3-16(27-19-10-5-4-9-18(19)21)14-24-20(22-2)23-11-7-12-25-15-17-8-6-13-26-17/h4-5,9-10,16-17H,3,6-8,11-15H2,1-2H3,(H2,22,23,24). The van der Waals surface area contributed by atoms with Crippen molar-refractivity contribution in [3.05, 3.63) is 30.1 Å². The molecule has 0 spiro atoms. The number of nitrogens with zero attached hydrogens (tertiary/aromatic N) is 1. The normalized spacial score (nSPS) is 18.3. The van der Waals surface area contributed by atoms with Gasteiger partial charge in [0.05, 0.1) is 19.3 Å². The summed E-state index contributed by atoms with van der Waals surface area (Å²) >= 11 is 0. The second kappa shape index (κ2) is 12.5. The summed E-state index contributed by atoms with van der Waals surface area (Å²) in [5.41, 5.74) is 0. The van der Waals surface area contributed by atoms with Gasteiger partial charge in [-0.15, -0.1) is 0 Å². The Labute approximate surface area is 161 Å². The van der Waals surface area contributed by atoms with Crippen LogP contribution >= 0.6 is 0 Å². The zero-order chi connectivity index (χ0) is 19.3. The van der Waals surface area contributed by atoms with Crippen molar-refractivity contribution in [3.63, 3.8) is 0 Å². The van der Waals surface area contributed by atoms with Gasteiger partial charge in [-0.05, 0) is 37.8 Å². The third-order valence-electron chi connectivity index (χ3n) is 4.39. The van der Waals surface area contributed by atoms with E-state index in [2.05, 4.69) is 15.6 Å². The van der Waals surface area contributed by atoms with E-state index in [1.54, 1.807) is 25.2 Å². The van der Waals surface area contributed by atoms with Crippen molar-refractivity contribution in [2.75, 3.05) is 40.0 Å². The van der Waals surface area contributed by atoms with E-state index in [1.165, 1.54) is 6.07 Å². The molecule has 27 heavy (non-hydrogen) atoms. The quantitative estimate of drug-likeness (QED) is 0.351. The highest BCUT2D eigenvalue weighted by Gasteiger charge is 2.15. The summed E-state index contributed by atoms with van der Waals surface area (Å²) in [6.45, 7) is 5.54. The Kier molecular flexibility index (Phi) is 9.94. The van der Waals surface area contributed by atoms with Crippen LogP contribution in [0.4, 0.5) is 4.39 Å². The van der Waals surface area contributed by atoms with Gasteiger partial charge in [0.1, 0.15) is 6.10 Å². The Hall–Kier alpha value is -1.86. The zero-order valence-corrected chi connectivity index (χ0v) is 16.4. The Morgan fingerprint density at radius 2 is 2.22 bits per heavy atom. The number of halogens is 1. The Morgan fingerprint density at radius 1 is 1.37 bits per heavy atom. The minimum atomic E-state index is -0.346. The molecule has 0 aromatic heterocycles. The molecule has 6 nitrogen and oxygen atoms in total. The van der Waals surface area contributed by atoms with Gasteiger partial charge in [-0.2, -0.15) is 0 Å². The van der Waals surface area contributed by atoms with Gasteiger partial charge in [0.15, 0.2) is 17.5 Å². The summed E-state index contributed by atoms with van der Waals surface area (Å²) in [5, 5.41) is 6.48. The Morgan fingerprint density at radius 3 is 2.93 bits per heavy atom. The van der Waals surface area contributed by atoms with Crippen molar-refractivity contribution in [1.82, 2.24) is 10.6 Å². The van der Waals surface area contributed by atoms with E-state index in [0.29, 0.717) is 25.7 Å². The number of aliphatic imine (C=N–C) groups is 1. The molecule has 2 unspecified atom stereocenters. The minimum Gasteiger partial charge on any atom is -0.486 e. The lowest BCUT2D eigenvalue weighted by Gasteiger charge is -2.20. The molecular formula is C20H32FN3O3. The van der Waals surface area contributed by atoms with Crippen LogP contribution in [0.25, 0.3) is 0 Å². The van der Waals surface area contributed by atoms with Crippen molar-refractivity contribution in [2.24, 2.45) is 4.99 Å². The van der Waals surface area contributed by atoms with Crippen LogP contribution < -0.4 is 15.4 Å². The summed E-state index contributed by atoms with van der Waals surface area (Å²) < 4.78 is 30.6. The summed E-state index contributed by atoms with van der Waals surface area (Å²) in [6.07, 6.45) is 4.01. The minimum absolute atomic E-state index is 0.143. The molecule has 0 radical (unpaired) electrons. The summed E-state index contributed by atoms with van der Waals surface area (Å²) in [7, 11) is 1.72. The smallest absolute Gasteiger partial charge is 0.191 e. The van der Waals surface area contributed by atoms with Crippen LogP contribution in [0, 0.1) is 5.82 Å². The summed E-state index contributed by atoms with van der Waals surface area (Å²) in [4.78, 5) is 4.20. The van der Waals surface area contributed by atoms with Crippen LogP contribution in [0.3, 0.4) is 0 Å². The fraction of sp³-hybridized carbons (Fsp3) is 0.650. The van der Waals surface area contributed by atoms with Gasteiger partial charge >= 0.3 is 0 Å². The van der Waals surface area contributed by atoms with Crippen molar-refractivity contribution in [1.29, 1.82) is 0 Å². The van der Waals surface area contributed by atoms with Crippen LogP contribution in [0.15, 0.2) is 29.3 Å². The lowest BCUT2D eigenvalue weighted by Crippen LogP contribution is -2.43. The molecule has 1 aliphatic rings. The van der Waals surface area contributed by atoms with E-state index in [-0.39, 0.29) is 23.8 Å². The predicted molar refractivity (Wildman–Crippen MR) is 105 cm³/mol. The highest BCUT2D eigenvalue weighted by atomic mass is 19.1. The SMILES string of the molecule is CCC(CNC(=NC)NCCCOCC1CCCO1)Oc1ccccc1F. The molecule has 2 N–H and O–H groups in total. The first-order valence-electron chi connectivity index (χ1n) is 9.78. The predicted octanol–water partition coefficient (Wildman–Crippen LogP) is 2.73. The van der Waals surface area contributed by atoms with E-state index in [9.17, 15) is 4.39 Å². The maximum Gasteiger partial charge on any atom is 0.191 e. The Balaban J connectivity index is 1.59. The lowest BCUT2D eigenvalue weighted by molar-refractivity contribution is 0.0168. The number of hydrogen-bond acceptors (Lipinski definition) is 4. The number of nitrogens with one attached hydrogen (secondary N) is 2. The molecule has 0 saturated carbocycles. The first-order valence-corrected chi connectivity index (χ1v) is 9.78. The van der Waals surface area contributed by atoms with Gasteiger partial charge in [0, 0.05) is 26.8 Å². The first kappa shape index (κ1) is 21.4. The number of benzene rings is 1. The molecule has 1 aliphatic heterocycles. The number of guanidine groups is 1. The maximum atomic E-state index is 13.7. The van der Waals surface area contributed by atoms with Crippen LogP contribution in [0.2, 0.25) is 0 Å². The van der Waals surface area contributed by atoms with E-state index >= 15 is 0 Å². The molecule has 152 valence electrons. The highest BCUT2D eigenvalue weighted by Crippen LogP contribution is 2.17. The van der Waals surface area contributed by atoms with Crippen LogP contribution in [0.1, 0.15) is 32.6 Å². The van der Waals surface area contributed by atoms with E-state index in [0.717, 1.165) is 38.8 Å². The van der Waals surface area contributed by atoms with Crippen molar-refractivity contribution in [2.45, 2.75) is 44.8 Å². The molecule has 0 amide bonds. The Bertz CT molecular complexity index is 565.